The molecule has 0 fully saturated rings. The minimum atomic E-state index is -3.24. The molecule has 0 aliphatic heterocycles. The van der Waals surface area contributed by atoms with Crippen molar-refractivity contribution in [3.05, 3.63) is 0 Å². The van der Waals surface area contributed by atoms with Gasteiger partial charge in [-0.1, -0.05) is 0 Å². The van der Waals surface area contributed by atoms with Crippen molar-refractivity contribution in [2.24, 2.45) is 0 Å². The van der Waals surface area contributed by atoms with E-state index in [0.29, 0.717) is 0 Å². The van der Waals surface area contributed by atoms with Crippen LogP contribution in [-0.2, 0) is 4.31 Å². The molecule has 9 heteroatoms. The van der Waals surface area contributed by atoms with Crippen molar-refractivity contribution < 1.29 is 23.9 Å². The molecule has 0 radical (unpaired) electrons. The maximum atomic E-state index is 9.24. The molecule has 0 aromatic rings. The third-order valence-electron chi connectivity index (χ3n) is 0.133. The number of hydrogen-bond acceptors (Lipinski definition) is 5. The Bertz CT molecular complexity index is 42.2. The number of rotatable bonds is 2. The number of hydrogen-bond donors (Lipinski definition) is 0. The molecule has 0 aromatic heterocycles. The van der Waals surface area contributed by atoms with Gasteiger partial charge in [0.15, 0.2) is 0 Å². The molecule has 0 N–H and O–H groups in total. The van der Waals surface area contributed by atoms with Crippen LogP contribution in [0.1, 0.15) is 0 Å². The van der Waals surface area contributed by atoms with E-state index >= 15 is 0 Å². The first-order valence-electron chi connectivity index (χ1n) is 1.10. The Labute approximate surface area is 114 Å². The van der Waals surface area contributed by atoms with E-state index in [1.54, 1.807) is 0 Å². The Morgan fingerprint density at radius 1 is 0.778 bits per heavy atom. The molecule has 0 atom stereocenters. The average Bonchev–Trinajstić information content (AvgIpc) is 1.27. The maximum absolute atomic E-state index is 9.24. The van der Waals surface area contributed by atoms with Gasteiger partial charge >= 0.3 is 75.5 Å². The van der Waals surface area contributed by atoms with E-state index < -0.39 is 17.2 Å². The Hall–Kier alpha value is 3.18. The van der Waals surface area contributed by atoms with Gasteiger partial charge in [0.1, 0.15) is 0 Å². The zero-order chi connectivity index (χ0) is 5.86. The van der Waals surface area contributed by atoms with Crippen molar-refractivity contribution in [1.82, 2.24) is 0 Å². The third kappa shape index (κ3) is 18.3. The van der Waals surface area contributed by atoms with Crippen molar-refractivity contribution >= 4 is 92.7 Å². The average molecular weight is 222 g/mol. The molecule has 0 heterocycles. The predicted molar refractivity (Wildman–Crippen MR) is 26.4 cm³/mol. The molecule has 5 nitrogen and oxygen atoms in total. The topological polar surface area (TPSA) is 101 Å². The van der Waals surface area contributed by atoms with Crippen molar-refractivity contribution in [3.8, 4) is 0 Å². The molecular weight excluding hydrogens is 222 g/mol. The quantitative estimate of drug-likeness (QED) is 0.351. The van der Waals surface area contributed by atoms with Crippen LogP contribution in [0.15, 0.2) is 0 Å². The molecular formula is Ca2O5P2. The van der Waals surface area contributed by atoms with Gasteiger partial charge in [-0.3, -0.25) is 0 Å². The van der Waals surface area contributed by atoms with Gasteiger partial charge in [0.05, 0.1) is 0 Å². The van der Waals surface area contributed by atoms with E-state index in [9.17, 15) is 19.6 Å². The summed E-state index contributed by atoms with van der Waals surface area (Å²) in [5, 5.41) is 0. The summed E-state index contributed by atoms with van der Waals surface area (Å²) in [5.41, 5.74) is 0. The summed E-state index contributed by atoms with van der Waals surface area (Å²) < 4.78 is 3.16. The van der Waals surface area contributed by atoms with Crippen LogP contribution in [0, 0.1) is 0 Å². The SMILES string of the molecule is [Ca+2].[Ca+2].[O-]P([O-])OP([O-])[O-]. The molecule has 0 bridgehead atoms. The van der Waals surface area contributed by atoms with Crippen molar-refractivity contribution in [2.45, 2.75) is 0 Å². The zero-order valence-electron chi connectivity index (χ0n) is 4.35. The molecule has 0 aliphatic carbocycles. The van der Waals surface area contributed by atoms with E-state index in [-0.39, 0.29) is 75.5 Å². The Morgan fingerprint density at radius 2 is 1.00 bits per heavy atom. The summed E-state index contributed by atoms with van der Waals surface area (Å²) in [6.45, 7) is 0. The summed E-state index contributed by atoms with van der Waals surface area (Å²) in [7, 11) is -6.47. The van der Waals surface area contributed by atoms with Crippen LogP contribution < -0.4 is 19.6 Å². The molecule has 0 saturated heterocycles. The summed E-state index contributed by atoms with van der Waals surface area (Å²) in [4.78, 5) is 37.0. The van der Waals surface area contributed by atoms with Crippen LogP contribution in [0.5, 0.6) is 0 Å². The van der Waals surface area contributed by atoms with Gasteiger partial charge in [0.25, 0.3) is 0 Å². The molecule has 0 amide bonds. The smallest absolute Gasteiger partial charge is 0.820 e. The summed E-state index contributed by atoms with van der Waals surface area (Å²) in [6, 6.07) is 0. The first kappa shape index (κ1) is 18.1. The molecule has 9 heavy (non-hydrogen) atoms. The first-order chi connectivity index (χ1) is 3.13. The Balaban J connectivity index is -0.000000180. The van der Waals surface area contributed by atoms with Gasteiger partial charge in [-0.15, -0.1) is 0 Å². The second-order valence-electron chi connectivity index (χ2n) is 0.529. The van der Waals surface area contributed by atoms with E-state index in [4.69, 9.17) is 0 Å². The van der Waals surface area contributed by atoms with Crippen molar-refractivity contribution in [1.29, 1.82) is 0 Å². The maximum Gasteiger partial charge on any atom is 2.00 e. The molecule has 0 spiro atoms. The summed E-state index contributed by atoms with van der Waals surface area (Å²) >= 11 is 0. The Kier molecular flexibility index (Phi) is 22.4. The fourth-order valence-corrected chi connectivity index (χ4v) is 0.490. The minimum absolute atomic E-state index is 0. The van der Waals surface area contributed by atoms with Crippen LogP contribution in [0.2, 0.25) is 0 Å². The molecule has 0 rings (SSSR count). The summed E-state index contributed by atoms with van der Waals surface area (Å²) in [5.74, 6) is 0. The third-order valence-corrected chi connectivity index (χ3v) is 1.20. The van der Waals surface area contributed by atoms with Crippen LogP contribution >= 0.6 is 17.2 Å². The minimum Gasteiger partial charge on any atom is -0.820 e. The van der Waals surface area contributed by atoms with Gasteiger partial charge in [-0.05, 0) is 0 Å². The molecule has 0 saturated carbocycles. The molecule has 0 unspecified atom stereocenters. The Morgan fingerprint density at radius 3 is 1.00 bits per heavy atom. The van der Waals surface area contributed by atoms with E-state index in [2.05, 4.69) is 4.31 Å². The second-order valence-corrected chi connectivity index (χ2v) is 2.08. The van der Waals surface area contributed by atoms with E-state index in [1.165, 1.54) is 0 Å². The summed E-state index contributed by atoms with van der Waals surface area (Å²) in [6.07, 6.45) is 0. The van der Waals surface area contributed by atoms with Gasteiger partial charge < -0.3 is 23.9 Å². The fourth-order valence-electron chi connectivity index (χ4n) is 0.0544. The van der Waals surface area contributed by atoms with Crippen LogP contribution in [-0.4, -0.2) is 75.5 Å². The van der Waals surface area contributed by atoms with Crippen molar-refractivity contribution in [2.75, 3.05) is 0 Å². The normalized spacial score (nSPS) is 8.67. The van der Waals surface area contributed by atoms with E-state index in [0.717, 1.165) is 0 Å². The van der Waals surface area contributed by atoms with Gasteiger partial charge in [0.2, 0.25) is 0 Å². The zero-order valence-corrected chi connectivity index (χ0v) is 10.6. The second kappa shape index (κ2) is 11.2. The van der Waals surface area contributed by atoms with Gasteiger partial charge in [-0.2, -0.15) is 17.2 Å². The van der Waals surface area contributed by atoms with Gasteiger partial charge in [-0.25, -0.2) is 0 Å². The van der Waals surface area contributed by atoms with Crippen LogP contribution in [0.25, 0.3) is 0 Å². The van der Waals surface area contributed by atoms with Gasteiger partial charge in [0, 0.05) is 0 Å². The molecule has 44 valence electrons. The predicted octanol–water partition coefficient (Wildman–Crippen LogP) is -3.86. The largest absolute Gasteiger partial charge is 2.00 e. The van der Waals surface area contributed by atoms with Crippen LogP contribution in [0.4, 0.5) is 0 Å². The van der Waals surface area contributed by atoms with E-state index in [1.807, 2.05) is 0 Å². The fraction of sp³-hybridized carbons (Fsp3) is 0. The monoisotopic (exact) mass is 222 g/mol. The standard InChI is InChI=1S/2Ca.O5P2/c;;1-6(2)5-7(3)4/q2*+2;-4. The van der Waals surface area contributed by atoms with Crippen LogP contribution in [0.3, 0.4) is 0 Å². The molecule has 0 aliphatic rings. The first-order valence-corrected chi connectivity index (χ1v) is 3.29. The molecule has 0 aromatic carbocycles. The van der Waals surface area contributed by atoms with Crippen molar-refractivity contribution in [3.63, 3.8) is 0 Å².